The molecule has 4 aliphatic carbocycles. The molecule has 10 rings (SSSR count). The highest BCUT2D eigenvalue weighted by Gasteiger charge is 2.52. The van der Waals surface area contributed by atoms with E-state index in [9.17, 15) is 74.4 Å². The first-order chi connectivity index (χ1) is 39.0. The lowest BCUT2D eigenvalue weighted by molar-refractivity contribution is -0.148. The Hall–Kier alpha value is -6.73. The lowest BCUT2D eigenvalue weighted by Gasteiger charge is -2.57. The maximum atomic E-state index is 14.5. The lowest BCUT2D eigenvalue weighted by atomic mass is 9.49. The largest absolute Gasteiger partial charge is 0.508 e. The van der Waals surface area contributed by atoms with Crippen LogP contribution in [0.25, 0.3) is 11.1 Å². The monoisotopic (exact) mass is 1140 g/mol. The van der Waals surface area contributed by atoms with E-state index in [2.05, 4.69) is 26.6 Å². The van der Waals surface area contributed by atoms with E-state index in [0.717, 1.165) is 64.7 Å². The maximum Gasteiger partial charge on any atom is 0.251 e. The summed E-state index contributed by atoms with van der Waals surface area (Å²) >= 11 is 0. The number of phenols is 1. The Morgan fingerprint density at radius 2 is 1.21 bits per heavy atom. The third-order valence-corrected chi connectivity index (χ3v) is 17.7. The number of hydrogen-bond donors (Lipinski definition) is 13. The van der Waals surface area contributed by atoms with Crippen molar-refractivity contribution in [3.63, 3.8) is 0 Å². The minimum absolute atomic E-state index is 0.0407. The Morgan fingerprint density at radius 1 is 0.659 bits per heavy atom. The van der Waals surface area contributed by atoms with Crippen LogP contribution in [0, 0.1) is 29.1 Å². The second-order valence-electron chi connectivity index (χ2n) is 24.1. The Labute approximate surface area is 474 Å². The van der Waals surface area contributed by atoms with Crippen LogP contribution in [0.1, 0.15) is 94.5 Å². The van der Waals surface area contributed by atoms with Gasteiger partial charge in [0, 0.05) is 43.8 Å². The van der Waals surface area contributed by atoms with Gasteiger partial charge in [-0.2, -0.15) is 0 Å². The van der Waals surface area contributed by atoms with Gasteiger partial charge in [-0.15, -0.1) is 0 Å². The number of fused-ring (bicyclic) bond motifs is 2. The first-order valence-corrected chi connectivity index (χ1v) is 28.5. The van der Waals surface area contributed by atoms with Crippen molar-refractivity contribution in [1.82, 2.24) is 36.4 Å². The molecule has 82 heavy (non-hydrogen) atoms. The van der Waals surface area contributed by atoms with Crippen molar-refractivity contribution < 1.29 is 79.2 Å². The van der Waals surface area contributed by atoms with Crippen molar-refractivity contribution in [3.05, 3.63) is 83.9 Å². The number of carbonyl (C=O) groups excluding carboxylic acids is 7. The number of nitrogens with zero attached hydrogens (tertiary/aromatic N) is 2. The Kier molecular flexibility index (Phi) is 18.3. The Morgan fingerprint density at radius 3 is 1.79 bits per heavy atom. The van der Waals surface area contributed by atoms with Gasteiger partial charge in [0.25, 0.3) is 5.91 Å². The lowest BCUT2D eigenvalue weighted by Crippen LogP contribution is -2.64. The van der Waals surface area contributed by atoms with E-state index in [4.69, 9.17) is 4.74 Å². The molecule has 0 aromatic heterocycles. The molecular formula is C59H77N7O16. The van der Waals surface area contributed by atoms with Gasteiger partial charge in [-0.1, -0.05) is 43.3 Å². The number of rotatable bonds is 12. The van der Waals surface area contributed by atoms with Crippen LogP contribution < -0.4 is 31.3 Å². The van der Waals surface area contributed by atoms with Gasteiger partial charge in [-0.3, -0.25) is 33.6 Å². The Balaban J connectivity index is 0.953. The molecule has 14 unspecified atom stereocenters. The van der Waals surface area contributed by atoms with E-state index in [1.165, 1.54) is 81.8 Å². The van der Waals surface area contributed by atoms with Crippen molar-refractivity contribution in [2.75, 3.05) is 19.7 Å². The van der Waals surface area contributed by atoms with Gasteiger partial charge >= 0.3 is 0 Å². The molecule has 14 atom stereocenters. The number of benzene rings is 3. The summed E-state index contributed by atoms with van der Waals surface area (Å²) in [7, 11) is 0. The summed E-state index contributed by atoms with van der Waals surface area (Å²) < 4.78 is 6.24. The molecule has 23 heteroatoms. The highest BCUT2D eigenvalue weighted by Crippen LogP contribution is 2.61. The maximum absolute atomic E-state index is 14.5. The van der Waals surface area contributed by atoms with E-state index in [1.54, 1.807) is 12.1 Å². The second kappa shape index (κ2) is 25.0. The Bertz CT molecular complexity index is 2780. The summed E-state index contributed by atoms with van der Waals surface area (Å²) in [5.74, 6) is -5.43. The molecule has 3 heterocycles. The van der Waals surface area contributed by atoms with Gasteiger partial charge in [-0.25, -0.2) is 0 Å². The number of amides is 7. The molecule has 3 saturated heterocycles. The zero-order valence-electron chi connectivity index (χ0n) is 46.2. The van der Waals surface area contributed by atoms with Crippen LogP contribution in [-0.4, -0.2) is 191 Å². The predicted octanol–water partition coefficient (Wildman–Crippen LogP) is -0.669. The molecule has 23 nitrogen and oxygen atoms in total. The summed E-state index contributed by atoms with van der Waals surface area (Å²) in [6.07, 6.45) is -5.11. The van der Waals surface area contributed by atoms with Gasteiger partial charge in [0.05, 0.1) is 37.1 Å². The fourth-order valence-corrected chi connectivity index (χ4v) is 13.8. The molecule has 4 bridgehead atoms. The molecule has 4 saturated carbocycles. The number of phenolic OH excluding ortho intramolecular Hbond substituents is 1. The molecule has 3 aliphatic heterocycles. The summed E-state index contributed by atoms with van der Waals surface area (Å²) in [4.78, 5) is 102. The third kappa shape index (κ3) is 13.4. The number of aromatic hydroxyl groups is 1. The number of carbonyl (C=O) groups is 7. The van der Waals surface area contributed by atoms with Crippen molar-refractivity contribution >= 4 is 41.4 Å². The van der Waals surface area contributed by atoms with Crippen molar-refractivity contribution in [1.29, 1.82) is 0 Å². The molecule has 0 spiro atoms. The topological polar surface area (TPSA) is 357 Å². The summed E-state index contributed by atoms with van der Waals surface area (Å²) in [5, 5.41) is 100. The van der Waals surface area contributed by atoms with E-state index >= 15 is 0 Å². The smallest absolute Gasteiger partial charge is 0.251 e. The minimum atomic E-state index is -2.26. The molecule has 13 N–H and O–H groups in total. The number of aliphatic hydroxyl groups excluding tert-OH is 7. The van der Waals surface area contributed by atoms with E-state index in [0.29, 0.717) is 17.6 Å². The van der Waals surface area contributed by atoms with Crippen molar-refractivity contribution in [2.24, 2.45) is 29.1 Å². The quantitative estimate of drug-likeness (QED) is 0.107. The predicted molar refractivity (Wildman–Crippen MR) is 292 cm³/mol. The number of ether oxygens (including phenoxy) is 1. The fourth-order valence-electron chi connectivity index (χ4n) is 13.8. The summed E-state index contributed by atoms with van der Waals surface area (Å²) in [6, 6.07) is 8.39. The second-order valence-corrected chi connectivity index (χ2v) is 24.1. The van der Waals surface area contributed by atoms with Crippen LogP contribution >= 0.6 is 0 Å². The first kappa shape index (κ1) is 59.9. The zero-order chi connectivity index (χ0) is 58.9. The molecule has 3 aromatic carbocycles. The average molecular weight is 1140 g/mol. The van der Waals surface area contributed by atoms with Crippen LogP contribution in [0.4, 0.5) is 0 Å². The third-order valence-electron chi connectivity index (χ3n) is 17.7. The molecular weight excluding hydrogens is 1060 g/mol. The van der Waals surface area contributed by atoms with Crippen LogP contribution in [0.3, 0.4) is 0 Å². The summed E-state index contributed by atoms with van der Waals surface area (Å²) in [5.41, 5.74) is 2.38. The normalized spacial score (nSPS) is 33.9. The zero-order valence-corrected chi connectivity index (χ0v) is 46.2. The van der Waals surface area contributed by atoms with Crippen LogP contribution in [-0.2, 0) is 35.2 Å². The van der Waals surface area contributed by atoms with Gasteiger partial charge in [0.1, 0.15) is 53.9 Å². The first-order valence-electron chi connectivity index (χ1n) is 28.5. The molecule has 7 amide bonds. The van der Waals surface area contributed by atoms with Gasteiger partial charge in [0.15, 0.2) is 6.23 Å². The number of nitrogens with one attached hydrogen (secondary N) is 5. The van der Waals surface area contributed by atoms with Crippen molar-refractivity contribution in [3.8, 4) is 22.6 Å². The van der Waals surface area contributed by atoms with Gasteiger partial charge in [0.2, 0.25) is 35.4 Å². The fraction of sp³-hybridized carbons (Fsp3) is 0.576. The minimum Gasteiger partial charge on any atom is -0.508 e. The number of aliphatic hydroxyl groups is 7. The molecule has 7 aliphatic rings. The summed E-state index contributed by atoms with van der Waals surface area (Å²) in [6.45, 7) is 3.57. The van der Waals surface area contributed by atoms with Crippen LogP contribution in [0.2, 0.25) is 0 Å². The average Bonchev–Trinajstić information content (AvgIpc) is 3.82. The molecule has 444 valence electrons. The highest BCUT2D eigenvalue weighted by molar-refractivity contribution is 6.00. The SMILES string of the molecule is CC(O)C1NC(=O)C(NC(=O)c2ccc(-c3ccc(OCCC45CC6CC(CC(C6)C4)C5)cc3)cc2)CC(O)C(O)NC(=O)C2C(O)C(C)CN2C(=O)C(C(C)O)NC(=O)C(C(O)Cc2ccc(O)cc2)NC(=O)C2CC(O)CN2C1=O. The molecule has 0 radical (unpaired) electrons. The van der Waals surface area contributed by atoms with Crippen molar-refractivity contribution in [2.45, 2.75) is 164 Å². The number of hydrogen-bond acceptors (Lipinski definition) is 16. The standard InChI is InChI=1S/C59H77N7O16/c1-29-27-66-49(50(29)73)56(79)64-54(77)45(72)23-42(60-51(74)38-8-6-36(7-9-38)37-10-14-41(15-11-37)82-17-16-59-24-33-18-34(25-59)20-35(19-33)26-59)52(75)61-46(30(2)67)57(80)65-28-40(70)22-43(65)53(76)63-48(55(78)62-47(31(3)68)58(66)81)44(71)21-32-4-12-39(69)13-5-32/h4-15,29-31,33-35,40,42-50,54,67-73,77H,16-28H2,1-3H3,(H,60,74)(H,61,75)(H,62,78)(H,63,76)(H,64,79). The van der Waals surface area contributed by atoms with E-state index in [-0.39, 0.29) is 24.3 Å². The highest BCUT2D eigenvalue weighted by atomic mass is 16.5. The van der Waals surface area contributed by atoms with Gasteiger partial charge < -0.3 is 82.0 Å². The van der Waals surface area contributed by atoms with E-state index in [1.807, 2.05) is 24.3 Å². The van der Waals surface area contributed by atoms with Crippen LogP contribution in [0.5, 0.6) is 11.5 Å². The van der Waals surface area contributed by atoms with E-state index < -0.39 is 146 Å². The molecule has 7 fully saturated rings. The van der Waals surface area contributed by atoms with Crippen LogP contribution in [0.15, 0.2) is 72.8 Å². The van der Waals surface area contributed by atoms with Gasteiger partial charge in [-0.05, 0) is 135 Å². The molecule has 3 aromatic rings.